The van der Waals surface area contributed by atoms with Gasteiger partial charge in [0.25, 0.3) is 5.91 Å². The van der Waals surface area contributed by atoms with Gasteiger partial charge in [0.2, 0.25) is 0 Å². The van der Waals surface area contributed by atoms with Gasteiger partial charge in [-0.15, -0.1) is 0 Å². The molecule has 1 aromatic rings. The van der Waals surface area contributed by atoms with Crippen LogP contribution in [-0.4, -0.2) is 11.0 Å². The fraction of sp³-hybridized carbons (Fsp3) is 0.364. The standard InChI is InChI=1S/C11H13NO2/c1-2-7-11(14)9-6-4-3-5-8(9)10(13)12-11/h3-6,14H,2,7H2,1H3,(H,12,13). The van der Waals surface area contributed by atoms with Gasteiger partial charge in [0, 0.05) is 11.1 Å². The SMILES string of the molecule is CCCC1(O)NC(=O)c2ccccc21. The lowest BCUT2D eigenvalue weighted by Gasteiger charge is -2.22. The minimum absolute atomic E-state index is 0.184. The van der Waals surface area contributed by atoms with Gasteiger partial charge in [-0.1, -0.05) is 31.5 Å². The van der Waals surface area contributed by atoms with Crippen LogP contribution in [0.2, 0.25) is 0 Å². The van der Waals surface area contributed by atoms with E-state index >= 15 is 0 Å². The molecule has 0 radical (unpaired) electrons. The number of hydrogen-bond acceptors (Lipinski definition) is 2. The van der Waals surface area contributed by atoms with Gasteiger partial charge < -0.3 is 10.4 Å². The van der Waals surface area contributed by atoms with Crippen LogP contribution in [-0.2, 0) is 5.72 Å². The first-order chi connectivity index (χ1) is 6.67. The van der Waals surface area contributed by atoms with Crippen LogP contribution in [0.4, 0.5) is 0 Å². The summed E-state index contributed by atoms with van der Waals surface area (Å²) in [4.78, 5) is 11.5. The Hall–Kier alpha value is -1.35. The highest BCUT2D eigenvalue weighted by Gasteiger charge is 2.39. The van der Waals surface area contributed by atoms with E-state index in [1.54, 1.807) is 18.2 Å². The second-order valence-corrected chi connectivity index (χ2v) is 3.61. The molecule has 1 aromatic carbocycles. The van der Waals surface area contributed by atoms with Crippen LogP contribution in [0.15, 0.2) is 24.3 Å². The summed E-state index contributed by atoms with van der Waals surface area (Å²) in [5.41, 5.74) is 0.137. The van der Waals surface area contributed by atoms with Crippen LogP contribution < -0.4 is 5.32 Å². The lowest BCUT2D eigenvalue weighted by atomic mass is 9.98. The zero-order chi connectivity index (χ0) is 10.2. The van der Waals surface area contributed by atoms with Crippen molar-refractivity contribution in [2.45, 2.75) is 25.5 Å². The molecule has 0 bridgehead atoms. The van der Waals surface area contributed by atoms with Crippen LogP contribution in [0.5, 0.6) is 0 Å². The van der Waals surface area contributed by atoms with Crippen molar-refractivity contribution in [3.05, 3.63) is 35.4 Å². The monoisotopic (exact) mass is 191 g/mol. The molecule has 1 atom stereocenters. The minimum Gasteiger partial charge on any atom is -0.367 e. The normalized spacial score (nSPS) is 24.6. The van der Waals surface area contributed by atoms with Crippen LogP contribution in [0.25, 0.3) is 0 Å². The average Bonchev–Trinajstić information content (AvgIpc) is 2.41. The van der Waals surface area contributed by atoms with Crippen molar-refractivity contribution < 1.29 is 9.90 Å². The van der Waals surface area contributed by atoms with Crippen molar-refractivity contribution in [1.82, 2.24) is 5.32 Å². The Labute approximate surface area is 82.8 Å². The molecule has 1 aliphatic heterocycles. The lowest BCUT2D eigenvalue weighted by molar-refractivity contribution is 0.00483. The number of fused-ring (bicyclic) bond motifs is 1. The number of aliphatic hydroxyl groups is 1. The van der Waals surface area contributed by atoms with E-state index in [-0.39, 0.29) is 5.91 Å². The van der Waals surface area contributed by atoms with Gasteiger partial charge >= 0.3 is 0 Å². The van der Waals surface area contributed by atoms with E-state index in [0.717, 1.165) is 6.42 Å². The Kier molecular flexibility index (Phi) is 2.04. The maximum Gasteiger partial charge on any atom is 0.254 e. The Balaban J connectivity index is 2.48. The fourth-order valence-electron chi connectivity index (χ4n) is 1.92. The molecule has 0 aromatic heterocycles. The predicted octanol–water partition coefficient (Wildman–Crippen LogP) is 1.38. The number of amides is 1. The number of carbonyl (C=O) groups excluding carboxylic acids is 1. The average molecular weight is 191 g/mol. The number of nitrogens with one attached hydrogen (secondary N) is 1. The molecule has 0 spiro atoms. The molecular formula is C11H13NO2. The topological polar surface area (TPSA) is 49.3 Å². The zero-order valence-corrected chi connectivity index (χ0v) is 8.08. The first-order valence-corrected chi connectivity index (χ1v) is 4.82. The van der Waals surface area contributed by atoms with Gasteiger partial charge in [-0.05, 0) is 12.5 Å². The number of benzene rings is 1. The number of hydrogen-bond donors (Lipinski definition) is 2. The highest BCUT2D eigenvalue weighted by atomic mass is 16.3. The number of carbonyl (C=O) groups is 1. The Bertz CT molecular complexity index is 375. The maximum atomic E-state index is 11.5. The van der Waals surface area contributed by atoms with E-state index in [4.69, 9.17) is 0 Å². The van der Waals surface area contributed by atoms with Crippen LogP contribution in [0, 0.1) is 0 Å². The fourth-order valence-corrected chi connectivity index (χ4v) is 1.92. The van der Waals surface area contributed by atoms with Crippen molar-refractivity contribution in [3.63, 3.8) is 0 Å². The molecule has 2 rings (SSSR count). The largest absolute Gasteiger partial charge is 0.367 e. The Morgan fingerprint density at radius 2 is 2.14 bits per heavy atom. The molecule has 0 fully saturated rings. The summed E-state index contributed by atoms with van der Waals surface area (Å²) in [5, 5.41) is 12.8. The summed E-state index contributed by atoms with van der Waals surface area (Å²) in [6.07, 6.45) is 1.38. The molecule has 1 aliphatic rings. The molecule has 0 saturated carbocycles. The molecule has 3 heteroatoms. The smallest absolute Gasteiger partial charge is 0.254 e. The molecule has 2 N–H and O–H groups in total. The molecule has 14 heavy (non-hydrogen) atoms. The van der Waals surface area contributed by atoms with Crippen molar-refractivity contribution >= 4 is 5.91 Å². The third kappa shape index (κ3) is 1.21. The molecule has 1 amide bonds. The van der Waals surface area contributed by atoms with Gasteiger partial charge in [0.15, 0.2) is 5.72 Å². The second kappa shape index (κ2) is 3.10. The van der Waals surface area contributed by atoms with Crippen LogP contribution in [0.1, 0.15) is 35.7 Å². The first-order valence-electron chi connectivity index (χ1n) is 4.82. The highest BCUT2D eigenvalue weighted by Crippen LogP contribution is 2.32. The molecule has 3 nitrogen and oxygen atoms in total. The third-order valence-electron chi connectivity index (χ3n) is 2.55. The van der Waals surface area contributed by atoms with Gasteiger partial charge in [0.1, 0.15) is 0 Å². The van der Waals surface area contributed by atoms with Crippen LogP contribution >= 0.6 is 0 Å². The van der Waals surface area contributed by atoms with Crippen molar-refractivity contribution in [2.75, 3.05) is 0 Å². The maximum absolute atomic E-state index is 11.5. The van der Waals surface area contributed by atoms with Gasteiger partial charge in [-0.25, -0.2) is 0 Å². The van der Waals surface area contributed by atoms with E-state index < -0.39 is 5.72 Å². The van der Waals surface area contributed by atoms with E-state index in [1.165, 1.54) is 0 Å². The molecule has 1 heterocycles. The number of rotatable bonds is 2. The summed E-state index contributed by atoms with van der Waals surface area (Å²) in [6.45, 7) is 1.98. The van der Waals surface area contributed by atoms with Crippen molar-refractivity contribution in [2.24, 2.45) is 0 Å². The van der Waals surface area contributed by atoms with E-state index in [9.17, 15) is 9.90 Å². The van der Waals surface area contributed by atoms with Crippen molar-refractivity contribution in [1.29, 1.82) is 0 Å². The third-order valence-corrected chi connectivity index (χ3v) is 2.55. The van der Waals surface area contributed by atoms with E-state index in [2.05, 4.69) is 5.32 Å². The van der Waals surface area contributed by atoms with Crippen LogP contribution in [0.3, 0.4) is 0 Å². The summed E-state index contributed by atoms with van der Waals surface area (Å²) in [6, 6.07) is 7.16. The van der Waals surface area contributed by atoms with Gasteiger partial charge in [-0.2, -0.15) is 0 Å². The summed E-state index contributed by atoms with van der Waals surface area (Å²) >= 11 is 0. The summed E-state index contributed by atoms with van der Waals surface area (Å²) in [5.74, 6) is -0.184. The van der Waals surface area contributed by atoms with Crippen molar-refractivity contribution in [3.8, 4) is 0 Å². The second-order valence-electron chi connectivity index (χ2n) is 3.61. The molecule has 0 aliphatic carbocycles. The van der Waals surface area contributed by atoms with Gasteiger partial charge in [0.05, 0.1) is 0 Å². The minimum atomic E-state index is -1.15. The quantitative estimate of drug-likeness (QED) is 0.741. The van der Waals surface area contributed by atoms with E-state index in [0.29, 0.717) is 17.5 Å². The summed E-state index contributed by atoms with van der Waals surface area (Å²) < 4.78 is 0. The molecule has 1 unspecified atom stereocenters. The van der Waals surface area contributed by atoms with Gasteiger partial charge in [-0.3, -0.25) is 4.79 Å². The Morgan fingerprint density at radius 1 is 1.43 bits per heavy atom. The Morgan fingerprint density at radius 3 is 2.86 bits per heavy atom. The molecule has 74 valence electrons. The highest BCUT2D eigenvalue weighted by molar-refractivity contribution is 5.99. The summed E-state index contributed by atoms with van der Waals surface area (Å²) in [7, 11) is 0. The molecule has 0 saturated heterocycles. The first kappa shape index (κ1) is 9.21. The van der Waals surface area contributed by atoms with E-state index in [1.807, 2.05) is 13.0 Å². The molecular weight excluding hydrogens is 178 g/mol. The zero-order valence-electron chi connectivity index (χ0n) is 8.08. The predicted molar refractivity (Wildman–Crippen MR) is 52.7 cm³/mol. The lowest BCUT2D eigenvalue weighted by Crippen LogP contribution is -2.38.